The SMILES string of the molecule is COC(=O)c1cc(CNS(=O)(=O)c2ccc(OC)c(C)c2)oc1C. The molecule has 7 nitrogen and oxygen atoms in total. The van der Waals surface area contributed by atoms with Gasteiger partial charge in [0.15, 0.2) is 0 Å². The fourth-order valence-electron chi connectivity index (χ4n) is 2.21. The fraction of sp³-hybridized carbons (Fsp3) is 0.312. The quantitative estimate of drug-likeness (QED) is 0.800. The molecule has 130 valence electrons. The summed E-state index contributed by atoms with van der Waals surface area (Å²) in [6.07, 6.45) is 0. The molecule has 0 aliphatic heterocycles. The van der Waals surface area contributed by atoms with E-state index in [0.717, 1.165) is 0 Å². The molecular weight excluding hydrogens is 334 g/mol. The Morgan fingerprint density at radius 3 is 2.50 bits per heavy atom. The smallest absolute Gasteiger partial charge is 0.341 e. The van der Waals surface area contributed by atoms with Crippen LogP contribution in [0.1, 0.15) is 27.4 Å². The van der Waals surface area contributed by atoms with E-state index in [1.165, 1.54) is 32.4 Å². The molecule has 0 unspecified atom stereocenters. The van der Waals surface area contributed by atoms with Crippen molar-refractivity contribution >= 4 is 16.0 Å². The highest BCUT2D eigenvalue weighted by Crippen LogP contribution is 2.22. The second kappa shape index (κ2) is 7.06. The van der Waals surface area contributed by atoms with Crippen LogP contribution < -0.4 is 9.46 Å². The number of rotatable bonds is 6. The summed E-state index contributed by atoms with van der Waals surface area (Å²) in [4.78, 5) is 11.7. The van der Waals surface area contributed by atoms with Crippen molar-refractivity contribution in [3.63, 3.8) is 0 Å². The summed E-state index contributed by atoms with van der Waals surface area (Å²) >= 11 is 0. The van der Waals surface area contributed by atoms with Crippen LogP contribution in [0, 0.1) is 13.8 Å². The molecule has 0 fully saturated rings. The second-order valence-electron chi connectivity index (χ2n) is 5.13. The van der Waals surface area contributed by atoms with E-state index in [2.05, 4.69) is 9.46 Å². The van der Waals surface area contributed by atoms with E-state index in [4.69, 9.17) is 9.15 Å². The molecule has 1 heterocycles. The third kappa shape index (κ3) is 3.77. The summed E-state index contributed by atoms with van der Waals surface area (Å²) in [7, 11) is -0.929. The van der Waals surface area contributed by atoms with Gasteiger partial charge in [-0.15, -0.1) is 0 Å². The van der Waals surface area contributed by atoms with Gasteiger partial charge in [-0.1, -0.05) is 0 Å². The highest BCUT2D eigenvalue weighted by Gasteiger charge is 2.19. The summed E-state index contributed by atoms with van der Waals surface area (Å²) in [6.45, 7) is 3.29. The van der Waals surface area contributed by atoms with Crippen molar-refractivity contribution in [2.75, 3.05) is 14.2 Å². The highest BCUT2D eigenvalue weighted by molar-refractivity contribution is 7.89. The number of esters is 1. The van der Waals surface area contributed by atoms with Crippen LogP contribution in [0.2, 0.25) is 0 Å². The number of hydrogen-bond donors (Lipinski definition) is 1. The lowest BCUT2D eigenvalue weighted by molar-refractivity contribution is 0.0599. The van der Waals surface area contributed by atoms with Gasteiger partial charge in [0.25, 0.3) is 0 Å². The molecule has 0 aliphatic rings. The molecule has 2 aromatic rings. The number of ether oxygens (including phenoxy) is 2. The van der Waals surface area contributed by atoms with Gasteiger partial charge in [-0.2, -0.15) is 0 Å². The highest BCUT2D eigenvalue weighted by atomic mass is 32.2. The van der Waals surface area contributed by atoms with Crippen LogP contribution in [0.4, 0.5) is 0 Å². The van der Waals surface area contributed by atoms with E-state index in [-0.39, 0.29) is 17.0 Å². The maximum atomic E-state index is 12.4. The Morgan fingerprint density at radius 1 is 1.21 bits per heavy atom. The first-order valence-electron chi connectivity index (χ1n) is 7.10. The Hall–Kier alpha value is -2.32. The van der Waals surface area contributed by atoms with Gasteiger partial charge in [-0.05, 0) is 43.7 Å². The molecule has 1 aromatic heterocycles. The standard InChI is InChI=1S/C16H19NO6S/c1-10-7-13(5-6-15(10)21-3)24(19,20)17-9-12-8-14(11(2)23-12)16(18)22-4/h5-8,17H,9H2,1-4H3. The first-order chi connectivity index (χ1) is 11.3. The topological polar surface area (TPSA) is 94.8 Å². The average Bonchev–Trinajstić information content (AvgIpc) is 2.93. The number of methoxy groups -OCH3 is 2. The van der Waals surface area contributed by atoms with Crippen molar-refractivity contribution in [2.45, 2.75) is 25.3 Å². The molecule has 1 aromatic carbocycles. The van der Waals surface area contributed by atoms with E-state index in [0.29, 0.717) is 22.8 Å². The van der Waals surface area contributed by atoms with Crippen LogP contribution in [-0.2, 0) is 21.3 Å². The molecule has 0 saturated heterocycles. The largest absolute Gasteiger partial charge is 0.496 e. The van der Waals surface area contributed by atoms with Crippen LogP contribution in [0.5, 0.6) is 5.75 Å². The number of aryl methyl sites for hydroxylation is 2. The van der Waals surface area contributed by atoms with Crippen molar-refractivity contribution < 1.29 is 27.1 Å². The number of hydrogen-bond acceptors (Lipinski definition) is 6. The first-order valence-corrected chi connectivity index (χ1v) is 8.58. The monoisotopic (exact) mass is 353 g/mol. The number of carbonyl (C=O) groups is 1. The second-order valence-corrected chi connectivity index (χ2v) is 6.90. The van der Waals surface area contributed by atoms with E-state index >= 15 is 0 Å². The molecule has 0 aliphatic carbocycles. The molecule has 0 amide bonds. The zero-order valence-corrected chi connectivity index (χ0v) is 14.7. The lowest BCUT2D eigenvalue weighted by atomic mass is 10.2. The molecule has 2 rings (SSSR count). The van der Waals surface area contributed by atoms with Crippen LogP contribution in [0.15, 0.2) is 33.6 Å². The van der Waals surface area contributed by atoms with E-state index < -0.39 is 16.0 Å². The molecule has 0 spiro atoms. The maximum absolute atomic E-state index is 12.4. The Morgan fingerprint density at radius 2 is 1.92 bits per heavy atom. The number of furan rings is 1. The minimum absolute atomic E-state index is 0.0781. The van der Waals surface area contributed by atoms with Gasteiger partial charge >= 0.3 is 5.97 Å². The normalized spacial score (nSPS) is 11.3. The number of carbonyl (C=O) groups excluding carboxylic acids is 1. The first kappa shape index (κ1) is 18.0. The van der Waals surface area contributed by atoms with E-state index in [1.807, 2.05) is 0 Å². The van der Waals surface area contributed by atoms with Gasteiger partial charge in [0.05, 0.1) is 25.7 Å². The number of benzene rings is 1. The summed E-state index contributed by atoms with van der Waals surface area (Å²) in [5.74, 6) is 0.771. The fourth-order valence-corrected chi connectivity index (χ4v) is 3.29. The van der Waals surface area contributed by atoms with Crippen molar-refractivity contribution in [1.29, 1.82) is 0 Å². The molecule has 0 radical (unpaired) electrons. The van der Waals surface area contributed by atoms with Crippen LogP contribution in [-0.4, -0.2) is 28.6 Å². The minimum Gasteiger partial charge on any atom is -0.496 e. The average molecular weight is 353 g/mol. The molecule has 0 bridgehead atoms. The Bertz CT molecular complexity index is 853. The third-order valence-electron chi connectivity index (χ3n) is 3.49. The van der Waals surface area contributed by atoms with Crippen LogP contribution >= 0.6 is 0 Å². The van der Waals surface area contributed by atoms with Crippen LogP contribution in [0.3, 0.4) is 0 Å². The maximum Gasteiger partial charge on any atom is 0.341 e. The molecule has 24 heavy (non-hydrogen) atoms. The number of nitrogens with one attached hydrogen (secondary N) is 1. The molecule has 8 heteroatoms. The Kier molecular flexibility index (Phi) is 5.30. The van der Waals surface area contributed by atoms with Gasteiger partial charge in [0.2, 0.25) is 10.0 Å². The molecule has 0 saturated carbocycles. The summed E-state index contributed by atoms with van der Waals surface area (Å²) in [6, 6.07) is 6.04. The zero-order chi connectivity index (χ0) is 17.9. The van der Waals surface area contributed by atoms with Gasteiger partial charge in [-0.25, -0.2) is 17.9 Å². The van der Waals surface area contributed by atoms with Gasteiger partial charge in [-0.3, -0.25) is 0 Å². The third-order valence-corrected chi connectivity index (χ3v) is 4.89. The summed E-state index contributed by atoms with van der Waals surface area (Å²) < 4.78 is 42.3. The van der Waals surface area contributed by atoms with Crippen molar-refractivity contribution in [2.24, 2.45) is 0 Å². The summed E-state index contributed by atoms with van der Waals surface area (Å²) in [5.41, 5.74) is 0.981. The number of sulfonamides is 1. The molecular formula is C16H19NO6S. The lowest BCUT2D eigenvalue weighted by Crippen LogP contribution is -2.23. The van der Waals surface area contributed by atoms with Gasteiger partial charge in [0.1, 0.15) is 22.8 Å². The van der Waals surface area contributed by atoms with Crippen molar-refractivity contribution in [3.05, 3.63) is 46.9 Å². The Balaban J connectivity index is 2.16. The molecule has 0 atom stereocenters. The predicted octanol–water partition coefficient (Wildman–Crippen LogP) is 2.17. The van der Waals surface area contributed by atoms with Gasteiger partial charge in [0, 0.05) is 0 Å². The molecule has 1 N–H and O–H groups in total. The van der Waals surface area contributed by atoms with Crippen molar-refractivity contribution in [1.82, 2.24) is 4.72 Å². The van der Waals surface area contributed by atoms with E-state index in [9.17, 15) is 13.2 Å². The lowest BCUT2D eigenvalue weighted by Gasteiger charge is -2.09. The van der Waals surface area contributed by atoms with Crippen molar-refractivity contribution in [3.8, 4) is 5.75 Å². The summed E-state index contributed by atoms with van der Waals surface area (Å²) in [5, 5.41) is 0. The van der Waals surface area contributed by atoms with Gasteiger partial charge < -0.3 is 13.9 Å². The van der Waals surface area contributed by atoms with Crippen LogP contribution in [0.25, 0.3) is 0 Å². The Labute approximate surface area is 140 Å². The minimum atomic E-state index is -3.72. The van der Waals surface area contributed by atoms with E-state index in [1.54, 1.807) is 19.9 Å². The zero-order valence-electron chi connectivity index (χ0n) is 13.9. The predicted molar refractivity (Wildman–Crippen MR) is 86.5 cm³/mol.